The molecule has 0 unspecified atom stereocenters. The molecule has 0 radical (unpaired) electrons. The molecule has 0 aliphatic carbocycles. The number of benzene rings is 2. The molecule has 0 saturated carbocycles. The summed E-state index contributed by atoms with van der Waals surface area (Å²) < 4.78 is 59.8. The highest BCUT2D eigenvalue weighted by molar-refractivity contribution is 7.87. The zero-order chi connectivity index (χ0) is 14.8. The summed E-state index contributed by atoms with van der Waals surface area (Å²) in [5, 5.41) is 0. The standard InChI is InChI=1S/C13H10F2O4S/c1-18-12-4-2-3-5-13(12)19-20(16,17)11-7-9(14)6-10(15)8-11/h2-8H,1H3. The predicted molar refractivity (Wildman–Crippen MR) is 67.2 cm³/mol. The molecule has 0 aromatic heterocycles. The fourth-order valence-electron chi connectivity index (χ4n) is 1.53. The summed E-state index contributed by atoms with van der Waals surface area (Å²) in [7, 11) is -3.01. The molecule has 0 amide bonds. The highest BCUT2D eigenvalue weighted by Crippen LogP contribution is 2.29. The van der Waals surface area contributed by atoms with E-state index in [-0.39, 0.29) is 11.5 Å². The van der Waals surface area contributed by atoms with E-state index in [0.717, 1.165) is 0 Å². The number of methoxy groups -OCH3 is 1. The zero-order valence-electron chi connectivity index (χ0n) is 10.3. The Bertz CT molecular complexity index is 709. The van der Waals surface area contributed by atoms with Crippen LogP contribution >= 0.6 is 0 Å². The van der Waals surface area contributed by atoms with Gasteiger partial charge in [-0.3, -0.25) is 0 Å². The summed E-state index contributed by atoms with van der Waals surface area (Å²) in [5.41, 5.74) is 0. The van der Waals surface area contributed by atoms with E-state index < -0.39 is 26.6 Å². The first-order valence-corrected chi connectivity index (χ1v) is 6.87. The van der Waals surface area contributed by atoms with Crippen molar-refractivity contribution >= 4 is 10.1 Å². The van der Waals surface area contributed by atoms with Crippen molar-refractivity contribution in [2.75, 3.05) is 7.11 Å². The summed E-state index contributed by atoms with van der Waals surface area (Å²) >= 11 is 0. The molecule has 0 atom stereocenters. The van der Waals surface area contributed by atoms with Gasteiger partial charge in [-0.2, -0.15) is 8.42 Å². The monoisotopic (exact) mass is 300 g/mol. The van der Waals surface area contributed by atoms with Gasteiger partial charge in [0, 0.05) is 6.07 Å². The van der Waals surface area contributed by atoms with Gasteiger partial charge in [0.2, 0.25) is 0 Å². The lowest BCUT2D eigenvalue weighted by Gasteiger charge is -2.10. The summed E-state index contributed by atoms with van der Waals surface area (Å²) in [6.45, 7) is 0. The molecule has 7 heteroatoms. The highest BCUT2D eigenvalue weighted by atomic mass is 32.2. The first kappa shape index (κ1) is 14.3. The molecule has 2 aromatic rings. The number of ether oxygens (including phenoxy) is 1. The third-order valence-corrected chi connectivity index (χ3v) is 3.61. The number of halogens is 2. The van der Waals surface area contributed by atoms with Gasteiger partial charge < -0.3 is 8.92 Å². The van der Waals surface area contributed by atoms with Crippen LogP contribution in [0.1, 0.15) is 0 Å². The third-order valence-electron chi connectivity index (χ3n) is 2.39. The van der Waals surface area contributed by atoms with Crippen LogP contribution in [0, 0.1) is 11.6 Å². The van der Waals surface area contributed by atoms with Crippen LogP contribution < -0.4 is 8.92 Å². The molecule has 2 aromatic carbocycles. The fourth-order valence-corrected chi connectivity index (χ4v) is 2.51. The molecule has 0 spiro atoms. The maximum absolute atomic E-state index is 13.1. The Kier molecular flexibility index (Phi) is 3.89. The molecule has 0 bridgehead atoms. The highest BCUT2D eigenvalue weighted by Gasteiger charge is 2.20. The van der Waals surface area contributed by atoms with E-state index in [2.05, 4.69) is 0 Å². The minimum absolute atomic E-state index is 0.0698. The van der Waals surface area contributed by atoms with Crippen molar-refractivity contribution in [3.8, 4) is 11.5 Å². The summed E-state index contributed by atoms with van der Waals surface area (Å²) in [6, 6.07) is 7.95. The van der Waals surface area contributed by atoms with Gasteiger partial charge in [0.25, 0.3) is 0 Å². The minimum atomic E-state index is -4.35. The van der Waals surface area contributed by atoms with Crippen molar-refractivity contribution < 1.29 is 26.1 Å². The van der Waals surface area contributed by atoms with Crippen molar-refractivity contribution in [1.82, 2.24) is 0 Å². The molecule has 106 valence electrons. The molecule has 0 aliphatic heterocycles. The molecule has 4 nitrogen and oxygen atoms in total. The average Bonchev–Trinajstić information content (AvgIpc) is 2.38. The molecular formula is C13H10F2O4S. The summed E-state index contributed by atoms with van der Waals surface area (Å²) in [5.74, 6) is -1.90. The van der Waals surface area contributed by atoms with Crippen LogP contribution in [-0.4, -0.2) is 15.5 Å². The van der Waals surface area contributed by atoms with E-state index >= 15 is 0 Å². The van der Waals surface area contributed by atoms with Gasteiger partial charge in [-0.25, -0.2) is 8.78 Å². The van der Waals surface area contributed by atoms with Gasteiger partial charge in [0.1, 0.15) is 16.5 Å². The van der Waals surface area contributed by atoms with Crippen LogP contribution in [0.15, 0.2) is 47.4 Å². The normalized spacial score (nSPS) is 11.2. The van der Waals surface area contributed by atoms with E-state index in [1.165, 1.54) is 19.2 Å². The quantitative estimate of drug-likeness (QED) is 0.815. The first-order valence-electron chi connectivity index (χ1n) is 5.46. The lowest BCUT2D eigenvalue weighted by atomic mass is 10.3. The Hall–Kier alpha value is -2.15. The molecule has 0 heterocycles. The lowest BCUT2D eigenvalue weighted by molar-refractivity contribution is 0.390. The molecule has 0 saturated heterocycles. The Balaban J connectivity index is 2.41. The van der Waals surface area contributed by atoms with Gasteiger partial charge in [0.15, 0.2) is 11.5 Å². The van der Waals surface area contributed by atoms with E-state index in [1.54, 1.807) is 12.1 Å². The van der Waals surface area contributed by atoms with Gasteiger partial charge >= 0.3 is 10.1 Å². The van der Waals surface area contributed by atoms with Crippen LogP contribution in [0.2, 0.25) is 0 Å². The van der Waals surface area contributed by atoms with E-state index in [4.69, 9.17) is 8.92 Å². The third kappa shape index (κ3) is 3.05. The first-order chi connectivity index (χ1) is 9.42. The van der Waals surface area contributed by atoms with Crippen molar-refractivity contribution in [3.63, 3.8) is 0 Å². The smallest absolute Gasteiger partial charge is 0.339 e. The second-order valence-electron chi connectivity index (χ2n) is 3.79. The fraction of sp³-hybridized carbons (Fsp3) is 0.0769. The largest absolute Gasteiger partial charge is 0.493 e. The SMILES string of the molecule is COc1ccccc1OS(=O)(=O)c1cc(F)cc(F)c1. The van der Waals surface area contributed by atoms with Crippen molar-refractivity contribution in [2.45, 2.75) is 4.90 Å². The topological polar surface area (TPSA) is 52.6 Å². The van der Waals surface area contributed by atoms with Crippen LogP contribution in [0.5, 0.6) is 11.5 Å². The van der Waals surface area contributed by atoms with Crippen molar-refractivity contribution in [2.24, 2.45) is 0 Å². The lowest BCUT2D eigenvalue weighted by Crippen LogP contribution is -2.11. The number of hydrogen-bond donors (Lipinski definition) is 0. The number of para-hydroxylation sites is 2. The van der Waals surface area contributed by atoms with Crippen LogP contribution in [-0.2, 0) is 10.1 Å². The predicted octanol–water partition coefficient (Wildman–Crippen LogP) is 2.74. The molecular weight excluding hydrogens is 290 g/mol. The van der Waals surface area contributed by atoms with Crippen LogP contribution in [0.3, 0.4) is 0 Å². The van der Waals surface area contributed by atoms with Gasteiger partial charge in [-0.05, 0) is 24.3 Å². The van der Waals surface area contributed by atoms with Crippen LogP contribution in [0.4, 0.5) is 8.78 Å². The van der Waals surface area contributed by atoms with E-state index in [1.807, 2.05) is 0 Å². The number of hydrogen-bond acceptors (Lipinski definition) is 4. The van der Waals surface area contributed by atoms with E-state index in [9.17, 15) is 17.2 Å². The van der Waals surface area contributed by atoms with Gasteiger partial charge in [-0.1, -0.05) is 12.1 Å². The van der Waals surface area contributed by atoms with Gasteiger partial charge in [0.05, 0.1) is 7.11 Å². The number of rotatable bonds is 4. The molecule has 20 heavy (non-hydrogen) atoms. The maximum atomic E-state index is 13.1. The average molecular weight is 300 g/mol. The van der Waals surface area contributed by atoms with E-state index in [0.29, 0.717) is 18.2 Å². The Morgan fingerprint density at radius 3 is 2.05 bits per heavy atom. The second-order valence-corrected chi connectivity index (χ2v) is 5.34. The molecule has 0 N–H and O–H groups in total. The zero-order valence-corrected chi connectivity index (χ0v) is 11.2. The summed E-state index contributed by atoms with van der Waals surface area (Å²) in [4.78, 5) is -0.610. The molecule has 2 rings (SSSR count). The van der Waals surface area contributed by atoms with Crippen LogP contribution in [0.25, 0.3) is 0 Å². The second kappa shape index (κ2) is 5.46. The van der Waals surface area contributed by atoms with Crippen molar-refractivity contribution in [1.29, 1.82) is 0 Å². The minimum Gasteiger partial charge on any atom is -0.493 e. The molecule has 0 aliphatic rings. The Labute approximate surface area is 114 Å². The summed E-state index contributed by atoms with van der Waals surface area (Å²) in [6.07, 6.45) is 0. The maximum Gasteiger partial charge on any atom is 0.339 e. The Morgan fingerprint density at radius 2 is 1.50 bits per heavy atom. The Morgan fingerprint density at radius 1 is 0.950 bits per heavy atom. The van der Waals surface area contributed by atoms with Crippen molar-refractivity contribution in [3.05, 3.63) is 54.1 Å². The van der Waals surface area contributed by atoms with Gasteiger partial charge in [-0.15, -0.1) is 0 Å². The molecule has 0 fully saturated rings.